The normalized spacial score (nSPS) is 16.1. The Morgan fingerprint density at radius 3 is 2.43 bits per heavy atom. The molecule has 4 rings (SSSR count). The number of aryl methyl sites for hydroxylation is 4. The molecule has 5 nitrogen and oxygen atoms in total. The number of carbonyl (C=O) groups is 2. The molecular formula is C30H33N3O2. The third kappa shape index (κ3) is 6.04. The zero-order chi connectivity index (χ0) is 24.9. The average Bonchev–Trinajstić information content (AvgIpc) is 2.84. The molecule has 35 heavy (non-hydrogen) atoms. The van der Waals surface area contributed by atoms with Crippen LogP contribution in [0.15, 0.2) is 67.0 Å². The molecule has 0 bridgehead atoms. The van der Waals surface area contributed by atoms with Crippen molar-refractivity contribution in [1.82, 2.24) is 14.8 Å². The highest BCUT2D eigenvalue weighted by Crippen LogP contribution is 2.21. The molecular weight excluding hydrogens is 434 g/mol. The van der Waals surface area contributed by atoms with Gasteiger partial charge >= 0.3 is 0 Å². The predicted molar refractivity (Wildman–Crippen MR) is 140 cm³/mol. The second-order valence-corrected chi connectivity index (χ2v) is 9.56. The lowest BCUT2D eigenvalue weighted by molar-refractivity contribution is -0.128. The smallest absolute Gasteiger partial charge is 0.254 e. The summed E-state index contributed by atoms with van der Waals surface area (Å²) in [5.74, 6) is -0.0129. The summed E-state index contributed by atoms with van der Waals surface area (Å²) < 4.78 is 0. The van der Waals surface area contributed by atoms with Gasteiger partial charge in [0.05, 0.1) is 6.04 Å². The first-order valence-electron chi connectivity index (χ1n) is 12.1. The molecule has 0 spiro atoms. The summed E-state index contributed by atoms with van der Waals surface area (Å²) in [7, 11) is 0. The van der Waals surface area contributed by atoms with E-state index in [0.29, 0.717) is 31.6 Å². The largest absolute Gasteiger partial charge is 0.335 e. The van der Waals surface area contributed by atoms with E-state index < -0.39 is 0 Å². The van der Waals surface area contributed by atoms with E-state index in [2.05, 4.69) is 43.1 Å². The fourth-order valence-electron chi connectivity index (χ4n) is 4.71. The third-order valence-electron chi connectivity index (χ3n) is 6.67. The number of benzene rings is 2. The molecule has 0 N–H and O–H groups in total. The van der Waals surface area contributed by atoms with E-state index in [-0.39, 0.29) is 17.9 Å². The van der Waals surface area contributed by atoms with Gasteiger partial charge in [-0.2, -0.15) is 0 Å². The quantitative estimate of drug-likeness (QED) is 0.500. The maximum atomic E-state index is 13.6. The number of nitrogens with zero attached hydrogens (tertiary/aromatic N) is 3. The summed E-state index contributed by atoms with van der Waals surface area (Å²) in [5, 5.41) is 0. The van der Waals surface area contributed by atoms with Crippen molar-refractivity contribution in [2.45, 2.75) is 40.2 Å². The van der Waals surface area contributed by atoms with Crippen LogP contribution < -0.4 is 0 Å². The lowest BCUT2D eigenvalue weighted by Gasteiger charge is -2.41. The second-order valence-electron chi connectivity index (χ2n) is 9.56. The number of hydrogen-bond acceptors (Lipinski definition) is 3. The molecule has 2 heterocycles. The van der Waals surface area contributed by atoms with Gasteiger partial charge in [-0.1, -0.05) is 41.5 Å². The molecule has 0 unspecified atom stereocenters. The van der Waals surface area contributed by atoms with Crippen LogP contribution in [0.1, 0.15) is 43.7 Å². The second kappa shape index (κ2) is 10.7. The summed E-state index contributed by atoms with van der Waals surface area (Å²) in [5.41, 5.74) is 7.41. The van der Waals surface area contributed by atoms with Crippen molar-refractivity contribution in [2.75, 3.05) is 19.6 Å². The van der Waals surface area contributed by atoms with Gasteiger partial charge in [-0.05, 0) is 80.6 Å². The fourth-order valence-corrected chi connectivity index (χ4v) is 4.71. The van der Waals surface area contributed by atoms with E-state index in [9.17, 15) is 9.59 Å². The molecule has 1 aliphatic heterocycles. The van der Waals surface area contributed by atoms with E-state index >= 15 is 0 Å². The van der Waals surface area contributed by atoms with Crippen molar-refractivity contribution in [2.24, 2.45) is 0 Å². The first-order valence-corrected chi connectivity index (χ1v) is 12.1. The van der Waals surface area contributed by atoms with Gasteiger partial charge in [0, 0.05) is 43.7 Å². The lowest BCUT2D eigenvalue weighted by atomic mass is 9.97. The minimum Gasteiger partial charge on any atom is -0.335 e. The van der Waals surface area contributed by atoms with Crippen LogP contribution in [0.5, 0.6) is 0 Å². The molecule has 1 aromatic heterocycles. The fraction of sp³-hybridized carbons (Fsp3) is 0.300. The van der Waals surface area contributed by atoms with E-state index in [1.165, 1.54) is 16.7 Å². The Hall–Kier alpha value is -3.73. The highest BCUT2D eigenvalue weighted by molar-refractivity contribution is 5.95. The highest BCUT2D eigenvalue weighted by Gasteiger charge is 2.32. The SMILES string of the molecule is Cc1cc(C)cc(C(=O)N2CCN(C(=O)/C=C/c3cccnc3)C[C@H]2Cc2ccc(C)c(C)c2)c1. The van der Waals surface area contributed by atoms with E-state index in [0.717, 1.165) is 16.7 Å². The molecule has 1 saturated heterocycles. The molecule has 180 valence electrons. The number of rotatable bonds is 5. The van der Waals surface area contributed by atoms with E-state index in [1.54, 1.807) is 24.5 Å². The first-order chi connectivity index (χ1) is 16.8. The number of piperazine rings is 1. The van der Waals surface area contributed by atoms with Crippen LogP contribution in [0.2, 0.25) is 0 Å². The Balaban J connectivity index is 1.57. The topological polar surface area (TPSA) is 53.5 Å². The minimum atomic E-state index is -0.102. The van der Waals surface area contributed by atoms with Gasteiger partial charge in [0.25, 0.3) is 5.91 Å². The molecule has 1 aliphatic rings. The van der Waals surface area contributed by atoms with Gasteiger partial charge in [-0.25, -0.2) is 0 Å². The summed E-state index contributed by atoms with van der Waals surface area (Å²) in [6.45, 7) is 9.76. The highest BCUT2D eigenvalue weighted by atomic mass is 16.2. The zero-order valence-corrected chi connectivity index (χ0v) is 21.0. The van der Waals surface area contributed by atoms with E-state index in [1.807, 2.05) is 47.9 Å². The number of carbonyl (C=O) groups excluding carboxylic acids is 2. The van der Waals surface area contributed by atoms with Crippen molar-refractivity contribution in [1.29, 1.82) is 0 Å². The number of hydrogen-bond donors (Lipinski definition) is 0. The third-order valence-corrected chi connectivity index (χ3v) is 6.67. The van der Waals surface area contributed by atoms with Crippen molar-refractivity contribution < 1.29 is 9.59 Å². The van der Waals surface area contributed by atoms with Crippen molar-refractivity contribution in [3.8, 4) is 0 Å². The molecule has 2 aromatic carbocycles. The molecule has 1 fully saturated rings. The van der Waals surface area contributed by atoms with Crippen LogP contribution in [0.3, 0.4) is 0 Å². The van der Waals surface area contributed by atoms with Crippen LogP contribution in [0.4, 0.5) is 0 Å². The van der Waals surface area contributed by atoms with Crippen LogP contribution in [0.25, 0.3) is 6.08 Å². The predicted octanol–water partition coefficient (Wildman–Crippen LogP) is 4.92. The Kier molecular flexibility index (Phi) is 7.45. The zero-order valence-electron chi connectivity index (χ0n) is 21.0. The molecule has 0 saturated carbocycles. The van der Waals surface area contributed by atoms with Gasteiger partial charge in [-0.15, -0.1) is 0 Å². The Morgan fingerprint density at radius 2 is 1.74 bits per heavy atom. The van der Waals surface area contributed by atoms with Gasteiger partial charge in [0.2, 0.25) is 5.91 Å². The average molecular weight is 468 g/mol. The number of aromatic nitrogens is 1. The molecule has 3 aromatic rings. The van der Waals surface area contributed by atoms with Gasteiger partial charge < -0.3 is 9.80 Å². The van der Waals surface area contributed by atoms with Gasteiger partial charge in [0.15, 0.2) is 0 Å². The Bertz CT molecular complexity index is 1230. The van der Waals surface area contributed by atoms with Gasteiger partial charge in [0.1, 0.15) is 0 Å². The van der Waals surface area contributed by atoms with Crippen molar-refractivity contribution >= 4 is 17.9 Å². The maximum absolute atomic E-state index is 13.6. The van der Waals surface area contributed by atoms with Crippen LogP contribution in [-0.2, 0) is 11.2 Å². The molecule has 5 heteroatoms. The number of pyridine rings is 1. The Morgan fingerprint density at radius 1 is 0.971 bits per heavy atom. The summed E-state index contributed by atoms with van der Waals surface area (Å²) >= 11 is 0. The maximum Gasteiger partial charge on any atom is 0.254 e. The van der Waals surface area contributed by atoms with Crippen LogP contribution in [0, 0.1) is 27.7 Å². The van der Waals surface area contributed by atoms with Crippen LogP contribution >= 0.6 is 0 Å². The summed E-state index contributed by atoms with van der Waals surface area (Å²) in [6.07, 6.45) is 7.54. The molecule has 2 amide bonds. The summed E-state index contributed by atoms with van der Waals surface area (Å²) in [6, 6.07) is 16.1. The molecule has 0 radical (unpaired) electrons. The molecule has 1 atom stereocenters. The van der Waals surface area contributed by atoms with Crippen molar-refractivity contribution in [3.63, 3.8) is 0 Å². The number of amides is 2. The molecule has 0 aliphatic carbocycles. The monoisotopic (exact) mass is 467 g/mol. The lowest BCUT2D eigenvalue weighted by Crippen LogP contribution is -2.57. The van der Waals surface area contributed by atoms with E-state index in [4.69, 9.17) is 0 Å². The Labute approximate surface area is 208 Å². The van der Waals surface area contributed by atoms with Gasteiger partial charge in [-0.3, -0.25) is 14.6 Å². The van der Waals surface area contributed by atoms with Crippen molar-refractivity contribution in [3.05, 3.63) is 106 Å². The first kappa shape index (κ1) is 24.4. The summed E-state index contributed by atoms with van der Waals surface area (Å²) in [4.78, 5) is 34.5. The van der Waals surface area contributed by atoms with Crippen LogP contribution in [-0.4, -0.2) is 52.3 Å². The minimum absolute atomic E-state index is 0.0311. The standard InChI is InChI=1S/C30H33N3O2/c1-21-14-22(2)16-27(15-21)30(35)33-13-12-32(29(34)10-9-25-6-5-11-31-19-25)20-28(33)18-26-8-7-23(3)24(4)17-26/h5-11,14-17,19,28H,12-13,18,20H2,1-4H3/b10-9+/t28-/m1/s1.